The van der Waals surface area contributed by atoms with E-state index >= 15 is 0 Å². The predicted molar refractivity (Wildman–Crippen MR) is 253 cm³/mol. The monoisotopic (exact) mass is 867 g/mol. The summed E-state index contributed by atoms with van der Waals surface area (Å²) in [7, 11) is 3.53. The molecule has 1 saturated heterocycles. The van der Waals surface area contributed by atoms with E-state index in [1.165, 1.54) is 29.5 Å². The van der Waals surface area contributed by atoms with Crippen molar-refractivity contribution in [3.63, 3.8) is 0 Å². The fourth-order valence-electron chi connectivity index (χ4n) is 8.63. The quantitative estimate of drug-likeness (QED) is 0.0837. The molecule has 0 bridgehead atoms. The van der Waals surface area contributed by atoms with Crippen molar-refractivity contribution in [1.29, 1.82) is 0 Å². The van der Waals surface area contributed by atoms with Crippen LogP contribution in [0.25, 0.3) is 21.9 Å². The van der Waals surface area contributed by atoms with Crippen LogP contribution in [0.3, 0.4) is 0 Å². The SMILES string of the molecule is COC1=CC(=O)N(C(=O)/C=C/[C@H](CCc2ccccc2)NC(=O)[C@H](CC(C)C)NC(=O)[C@H](CC(C)C)NC(=O)C2CCN(C)CC2)C1Cc1ccc(-c2ccc3ccccc3c2)cc1. The number of aryl methyl sites for hydroxylation is 1. The highest BCUT2D eigenvalue weighted by atomic mass is 16.5. The van der Waals surface area contributed by atoms with Gasteiger partial charge in [-0.2, -0.15) is 0 Å². The molecular weight excluding hydrogens is 803 g/mol. The van der Waals surface area contributed by atoms with E-state index in [1.807, 2.05) is 101 Å². The van der Waals surface area contributed by atoms with E-state index < -0.39 is 47.8 Å². The normalized spacial score (nSPS) is 17.4. The lowest BCUT2D eigenvalue weighted by Crippen LogP contribution is -2.56. The molecule has 0 spiro atoms. The molecule has 4 aromatic carbocycles. The predicted octanol–water partition coefficient (Wildman–Crippen LogP) is 7.39. The number of hydrogen-bond donors (Lipinski definition) is 3. The molecule has 2 aliphatic heterocycles. The highest BCUT2D eigenvalue weighted by Gasteiger charge is 2.38. The number of hydrogen-bond acceptors (Lipinski definition) is 7. The average Bonchev–Trinajstić information content (AvgIpc) is 3.60. The lowest BCUT2D eigenvalue weighted by atomic mass is 9.94. The van der Waals surface area contributed by atoms with Crippen molar-refractivity contribution in [1.82, 2.24) is 25.8 Å². The van der Waals surface area contributed by atoms with Gasteiger partial charge in [0.05, 0.1) is 7.11 Å². The molecule has 4 atom stereocenters. The number of rotatable bonds is 19. The summed E-state index contributed by atoms with van der Waals surface area (Å²) in [6.45, 7) is 9.61. The first-order valence-electron chi connectivity index (χ1n) is 22.8. The molecule has 338 valence electrons. The average molecular weight is 868 g/mol. The molecule has 11 nitrogen and oxygen atoms in total. The molecule has 64 heavy (non-hydrogen) atoms. The van der Waals surface area contributed by atoms with Crippen LogP contribution in [0.4, 0.5) is 0 Å². The standard InChI is InChI=1S/C53H65N5O6/c1-35(2)30-45(56-53(63)46(31-36(3)4)55-51(61)41-26-28-57(5)29-27-41)52(62)54-44(23-18-37-12-8-7-9-13-37)24-25-49(59)58-47(48(64-6)34-50(58)60)32-38-16-19-40(20-17-38)43-22-21-39-14-10-11-15-42(39)33-43/h7-17,19-22,24-25,33-36,41,44-47H,18,23,26-32H2,1-6H3,(H,54,62)(H,55,61)(H,56,63)/b25-24+/t44-,45-,46-,47?/m0/s1. The largest absolute Gasteiger partial charge is 0.499 e. The maximum Gasteiger partial charge on any atom is 0.257 e. The highest BCUT2D eigenvalue weighted by Crippen LogP contribution is 2.28. The molecule has 0 aliphatic carbocycles. The van der Waals surface area contributed by atoms with Gasteiger partial charge in [0.1, 0.15) is 23.9 Å². The first-order chi connectivity index (χ1) is 30.8. The van der Waals surface area contributed by atoms with E-state index in [9.17, 15) is 24.0 Å². The van der Waals surface area contributed by atoms with Crippen LogP contribution in [-0.2, 0) is 41.6 Å². The zero-order valence-electron chi connectivity index (χ0n) is 38.2. The van der Waals surface area contributed by atoms with Gasteiger partial charge in [0.15, 0.2) is 0 Å². The minimum atomic E-state index is -0.892. The third-order valence-corrected chi connectivity index (χ3v) is 12.2. The third-order valence-electron chi connectivity index (χ3n) is 12.2. The molecule has 2 heterocycles. The molecule has 11 heteroatoms. The summed E-state index contributed by atoms with van der Waals surface area (Å²) in [6.07, 6.45) is 7.99. The lowest BCUT2D eigenvalue weighted by Gasteiger charge is -2.30. The number of nitrogens with one attached hydrogen (secondary N) is 3. The molecule has 1 fully saturated rings. The summed E-state index contributed by atoms with van der Waals surface area (Å²) in [6, 6.07) is 29.6. The number of ether oxygens (including phenoxy) is 1. The smallest absolute Gasteiger partial charge is 0.257 e. The Hall–Kier alpha value is -6.07. The van der Waals surface area contributed by atoms with Crippen molar-refractivity contribution in [3.8, 4) is 11.1 Å². The van der Waals surface area contributed by atoms with Gasteiger partial charge in [-0.15, -0.1) is 0 Å². The first-order valence-corrected chi connectivity index (χ1v) is 22.8. The van der Waals surface area contributed by atoms with Crippen LogP contribution in [0.5, 0.6) is 0 Å². The molecular formula is C53H65N5O6. The van der Waals surface area contributed by atoms with Gasteiger partial charge in [-0.05, 0) is 110 Å². The Labute approximate surface area is 378 Å². The van der Waals surface area contributed by atoms with Crippen LogP contribution < -0.4 is 16.0 Å². The summed E-state index contributed by atoms with van der Waals surface area (Å²) in [5.74, 6) is -1.52. The van der Waals surface area contributed by atoms with Gasteiger partial charge in [0.25, 0.3) is 11.8 Å². The van der Waals surface area contributed by atoms with Gasteiger partial charge in [-0.25, -0.2) is 0 Å². The van der Waals surface area contributed by atoms with Crippen molar-refractivity contribution < 1.29 is 28.7 Å². The van der Waals surface area contributed by atoms with E-state index in [-0.39, 0.29) is 23.7 Å². The number of imide groups is 1. The van der Waals surface area contributed by atoms with Gasteiger partial charge >= 0.3 is 0 Å². The minimum Gasteiger partial charge on any atom is -0.499 e. The lowest BCUT2D eigenvalue weighted by molar-refractivity contribution is -0.139. The summed E-state index contributed by atoms with van der Waals surface area (Å²) in [5.41, 5.74) is 4.13. The van der Waals surface area contributed by atoms with Crippen LogP contribution >= 0.6 is 0 Å². The van der Waals surface area contributed by atoms with Gasteiger partial charge in [0.2, 0.25) is 17.7 Å². The van der Waals surface area contributed by atoms with Gasteiger partial charge in [-0.1, -0.05) is 125 Å². The van der Waals surface area contributed by atoms with Crippen LogP contribution in [-0.4, -0.2) is 90.8 Å². The molecule has 1 unspecified atom stereocenters. The number of nitrogens with zero attached hydrogens (tertiary/aromatic N) is 2. The van der Waals surface area contributed by atoms with Crippen molar-refractivity contribution in [2.45, 2.75) is 96.8 Å². The highest BCUT2D eigenvalue weighted by molar-refractivity contribution is 6.08. The number of fused-ring (bicyclic) bond motifs is 1. The number of carbonyl (C=O) groups excluding carboxylic acids is 5. The first kappa shape index (κ1) is 47.4. The number of methoxy groups -OCH3 is 1. The number of amides is 5. The van der Waals surface area contributed by atoms with Crippen LogP contribution in [0.1, 0.15) is 70.9 Å². The third kappa shape index (κ3) is 13.0. The summed E-state index contributed by atoms with van der Waals surface area (Å²) in [4.78, 5) is 72.4. The van der Waals surface area contributed by atoms with Crippen LogP contribution in [0.2, 0.25) is 0 Å². The van der Waals surface area contributed by atoms with E-state index in [2.05, 4.69) is 51.2 Å². The van der Waals surface area contributed by atoms with E-state index in [4.69, 9.17) is 4.74 Å². The Balaban J connectivity index is 1.16. The molecule has 2 aliphatic rings. The summed E-state index contributed by atoms with van der Waals surface area (Å²) >= 11 is 0. The Kier molecular flexibility index (Phi) is 16.7. The topological polar surface area (TPSA) is 137 Å². The number of benzene rings is 4. The zero-order chi connectivity index (χ0) is 45.8. The molecule has 0 radical (unpaired) electrons. The van der Waals surface area contributed by atoms with E-state index in [1.54, 1.807) is 6.08 Å². The Bertz CT molecular complexity index is 2300. The van der Waals surface area contributed by atoms with Crippen molar-refractivity contribution in [2.75, 3.05) is 27.2 Å². The summed E-state index contributed by atoms with van der Waals surface area (Å²) < 4.78 is 5.64. The molecule has 0 aromatic heterocycles. The second-order valence-corrected chi connectivity index (χ2v) is 18.2. The number of carbonyl (C=O) groups is 5. The van der Waals surface area contributed by atoms with Crippen molar-refractivity contribution >= 4 is 40.3 Å². The maximum absolute atomic E-state index is 14.2. The second kappa shape index (κ2) is 22.5. The van der Waals surface area contributed by atoms with Gasteiger partial charge in [-0.3, -0.25) is 28.9 Å². The zero-order valence-corrected chi connectivity index (χ0v) is 38.2. The van der Waals surface area contributed by atoms with Gasteiger partial charge in [0, 0.05) is 30.5 Å². The fraction of sp³-hybridized carbons (Fsp3) is 0.415. The molecule has 5 amide bonds. The number of piperidine rings is 1. The number of likely N-dealkylation sites (tertiary alicyclic amines) is 1. The van der Waals surface area contributed by atoms with E-state index in [0.29, 0.717) is 37.9 Å². The van der Waals surface area contributed by atoms with E-state index in [0.717, 1.165) is 53.6 Å². The maximum atomic E-state index is 14.2. The van der Waals surface area contributed by atoms with Crippen LogP contribution in [0, 0.1) is 17.8 Å². The van der Waals surface area contributed by atoms with Crippen LogP contribution in [0.15, 0.2) is 121 Å². The minimum absolute atomic E-state index is 0.0591. The fourth-order valence-corrected chi connectivity index (χ4v) is 8.63. The molecule has 0 saturated carbocycles. The van der Waals surface area contributed by atoms with Crippen molar-refractivity contribution in [2.24, 2.45) is 17.8 Å². The van der Waals surface area contributed by atoms with Gasteiger partial charge < -0.3 is 25.6 Å². The Morgan fingerprint density at radius 3 is 2.00 bits per heavy atom. The van der Waals surface area contributed by atoms with Crippen molar-refractivity contribution in [3.05, 3.63) is 132 Å². The summed E-state index contributed by atoms with van der Waals surface area (Å²) in [5, 5.41) is 11.4. The second-order valence-electron chi connectivity index (χ2n) is 18.2. The Morgan fingerprint density at radius 2 is 1.34 bits per heavy atom. The molecule has 4 aromatic rings. The molecule has 6 rings (SSSR count). The molecule has 3 N–H and O–H groups in total. The Morgan fingerprint density at radius 1 is 0.734 bits per heavy atom.